The number of nitrogens with two attached hydrogens (primary N) is 1. The maximum absolute atomic E-state index is 6.37. The first-order valence-electron chi connectivity index (χ1n) is 6.17. The van der Waals surface area contributed by atoms with E-state index in [0.717, 1.165) is 12.8 Å². The molecule has 0 heterocycles. The van der Waals surface area contributed by atoms with Crippen molar-refractivity contribution in [1.29, 1.82) is 0 Å². The van der Waals surface area contributed by atoms with Gasteiger partial charge in [-0.3, -0.25) is 0 Å². The monoisotopic (exact) mass is 229 g/mol. The van der Waals surface area contributed by atoms with Crippen LogP contribution in [0.5, 0.6) is 0 Å². The molecule has 2 nitrogen and oxygen atoms in total. The molecule has 2 unspecified atom stereocenters. The summed E-state index contributed by atoms with van der Waals surface area (Å²) in [6.45, 7) is 11.5. The molecule has 1 fully saturated rings. The second-order valence-corrected chi connectivity index (χ2v) is 11.1. The van der Waals surface area contributed by atoms with Gasteiger partial charge >= 0.3 is 0 Å². The van der Waals surface area contributed by atoms with Crippen LogP contribution in [0.15, 0.2) is 0 Å². The summed E-state index contributed by atoms with van der Waals surface area (Å²) in [5.74, 6) is 0. The zero-order chi connectivity index (χ0) is 11.7. The molecule has 1 aliphatic carbocycles. The molecule has 1 rings (SSSR count). The number of hydrogen-bond acceptors (Lipinski definition) is 2. The molecule has 0 aromatic rings. The lowest BCUT2D eigenvalue weighted by atomic mass is 9.93. The quantitative estimate of drug-likeness (QED) is 0.738. The lowest BCUT2D eigenvalue weighted by Crippen LogP contribution is -2.50. The van der Waals surface area contributed by atoms with E-state index in [1.54, 1.807) is 0 Å². The molecule has 0 amide bonds. The third kappa shape index (κ3) is 3.30. The van der Waals surface area contributed by atoms with E-state index in [2.05, 4.69) is 33.9 Å². The molecule has 1 saturated carbocycles. The van der Waals surface area contributed by atoms with Crippen LogP contribution in [0.3, 0.4) is 0 Å². The summed E-state index contributed by atoms with van der Waals surface area (Å²) < 4.78 is 6.37. The molecule has 2 N–H and O–H groups in total. The van der Waals surface area contributed by atoms with Crippen LogP contribution in [0.4, 0.5) is 0 Å². The van der Waals surface area contributed by atoms with E-state index in [1.807, 2.05) is 0 Å². The fraction of sp³-hybridized carbons (Fsp3) is 1.00. The van der Waals surface area contributed by atoms with Crippen molar-refractivity contribution in [2.24, 2.45) is 5.73 Å². The minimum absolute atomic E-state index is 0.271. The van der Waals surface area contributed by atoms with Gasteiger partial charge < -0.3 is 10.2 Å². The normalized spacial score (nSPS) is 29.2. The third-order valence-corrected chi connectivity index (χ3v) is 8.51. The Hall–Kier alpha value is 0.137. The molecule has 15 heavy (non-hydrogen) atoms. The highest BCUT2D eigenvalue weighted by atomic mass is 28.4. The van der Waals surface area contributed by atoms with Crippen molar-refractivity contribution in [3.63, 3.8) is 0 Å². The standard InChI is InChI=1S/C12H27NOSi/c1-12(2,3)15(4,5)14-11-9-7-6-8-10(11)13/h10-11H,6-9,13H2,1-5H3. The van der Waals surface area contributed by atoms with Crippen molar-refractivity contribution in [2.45, 2.75) is 76.7 Å². The maximum atomic E-state index is 6.37. The lowest BCUT2D eigenvalue weighted by molar-refractivity contribution is 0.117. The van der Waals surface area contributed by atoms with Crippen molar-refractivity contribution < 1.29 is 4.43 Å². The Kier molecular flexibility index (Phi) is 4.01. The smallest absolute Gasteiger partial charge is 0.192 e. The van der Waals surface area contributed by atoms with Crippen molar-refractivity contribution >= 4 is 8.32 Å². The van der Waals surface area contributed by atoms with Crippen LogP contribution < -0.4 is 5.73 Å². The average Bonchev–Trinajstić information content (AvgIpc) is 2.06. The van der Waals surface area contributed by atoms with E-state index in [9.17, 15) is 0 Å². The van der Waals surface area contributed by atoms with Crippen molar-refractivity contribution in [2.75, 3.05) is 0 Å². The third-order valence-electron chi connectivity index (χ3n) is 4.01. The van der Waals surface area contributed by atoms with E-state index in [-0.39, 0.29) is 6.04 Å². The first-order valence-corrected chi connectivity index (χ1v) is 9.08. The molecule has 0 aromatic heterocycles. The topological polar surface area (TPSA) is 35.2 Å². The molecular weight excluding hydrogens is 202 g/mol. The Balaban J connectivity index is 2.59. The summed E-state index contributed by atoms with van der Waals surface area (Å²) in [4.78, 5) is 0. The zero-order valence-corrected chi connectivity index (χ0v) is 12.0. The Labute approximate surface area is 95.7 Å². The number of rotatable bonds is 2. The van der Waals surface area contributed by atoms with Crippen molar-refractivity contribution in [3.05, 3.63) is 0 Å². The molecule has 0 aromatic carbocycles. The molecule has 1 aliphatic rings. The van der Waals surface area contributed by atoms with Crippen LogP contribution in [0.25, 0.3) is 0 Å². The van der Waals surface area contributed by atoms with Gasteiger partial charge in [0.1, 0.15) is 0 Å². The molecule has 0 bridgehead atoms. The van der Waals surface area contributed by atoms with Gasteiger partial charge in [-0.1, -0.05) is 33.6 Å². The highest BCUT2D eigenvalue weighted by molar-refractivity contribution is 6.74. The van der Waals surface area contributed by atoms with Gasteiger partial charge in [0.05, 0.1) is 6.10 Å². The van der Waals surface area contributed by atoms with Crippen LogP contribution >= 0.6 is 0 Å². The van der Waals surface area contributed by atoms with Crippen LogP contribution in [-0.4, -0.2) is 20.5 Å². The molecule has 2 atom stereocenters. The highest BCUT2D eigenvalue weighted by Crippen LogP contribution is 2.38. The van der Waals surface area contributed by atoms with E-state index in [1.165, 1.54) is 12.8 Å². The minimum Gasteiger partial charge on any atom is -0.412 e. The van der Waals surface area contributed by atoms with Crippen LogP contribution in [0.2, 0.25) is 18.1 Å². The Morgan fingerprint density at radius 1 is 1.13 bits per heavy atom. The SMILES string of the molecule is CC(C)(C)[Si](C)(C)OC1CCCCC1N. The highest BCUT2D eigenvalue weighted by Gasteiger charge is 2.40. The van der Waals surface area contributed by atoms with E-state index < -0.39 is 8.32 Å². The summed E-state index contributed by atoms with van der Waals surface area (Å²) in [5.41, 5.74) is 6.13. The van der Waals surface area contributed by atoms with E-state index in [4.69, 9.17) is 10.2 Å². The lowest BCUT2D eigenvalue weighted by Gasteiger charge is -2.42. The summed E-state index contributed by atoms with van der Waals surface area (Å²) in [6, 6.07) is 0.271. The van der Waals surface area contributed by atoms with Crippen LogP contribution in [0.1, 0.15) is 46.5 Å². The summed E-state index contributed by atoms with van der Waals surface area (Å²) in [6.07, 6.45) is 5.18. The van der Waals surface area contributed by atoms with Gasteiger partial charge in [-0.15, -0.1) is 0 Å². The average molecular weight is 229 g/mol. The molecule has 0 saturated heterocycles. The molecule has 3 heteroatoms. The zero-order valence-electron chi connectivity index (χ0n) is 11.0. The van der Waals surface area contributed by atoms with Crippen LogP contribution in [-0.2, 0) is 4.43 Å². The summed E-state index contributed by atoms with van der Waals surface area (Å²) >= 11 is 0. The van der Waals surface area contributed by atoms with Gasteiger partial charge in [0.25, 0.3) is 0 Å². The Morgan fingerprint density at radius 2 is 1.67 bits per heavy atom. The molecule has 0 spiro atoms. The molecular formula is C12H27NOSi. The van der Waals surface area contributed by atoms with E-state index in [0.29, 0.717) is 11.1 Å². The van der Waals surface area contributed by atoms with Gasteiger partial charge in [-0.25, -0.2) is 0 Å². The predicted molar refractivity (Wildman–Crippen MR) is 68.5 cm³/mol. The second kappa shape index (κ2) is 4.56. The Bertz CT molecular complexity index is 210. The molecule has 90 valence electrons. The van der Waals surface area contributed by atoms with Gasteiger partial charge in [-0.2, -0.15) is 0 Å². The minimum atomic E-state index is -1.61. The second-order valence-electron chi connectivity index (χ2n) is 6.36. The first kappa shape index (κ1) is 13.2. The number of hydrogen-bond donors (Lipinski definition) is 1. The molecule has 0 radical (unpaired) electrons. The van der Waals surface area contributed by atoms with Crippen molar-refractivity contribution in [1.82, 2.24) is 0 Å². The summed E-state index contributed by atoms with van der Waals surface area (Å²) in [5, 5.41) is 0.296. The predicted octanol–water partition coefficient (Wildman–Crippen LogP) is 3.28. The first-order chi connectivity index (χ1) is 6.74. The van der Waals surface area contributed by atoms with Gasteiger partial charge in [-0.05, 0) is 31.0 Å². The van der Waals surface area contributed by atoms with Gasteiger partial charge in [0.15, 0.2) is 8.32 Å². The maximum Gasteiger partial charge on any atom is 0.192 e. The van der Waals surface area contributed by atoms with Gasteiger partial charge in [0.2, 0.25) is 0 Å². The summed E-state index contributed by atoms with van der Waals surface area (Å²) in [7, 11) is -1.61. The Morgan fingerprint density at radius 3 is 2.13 bits per heavy atom. The van der Waals surface area contributed by atoms with Gasteiger partial charge in [0, 0.05) is 6.04 Å². The fourth-order valence-electron chi connectivity index (χ4n) is 1.83. The van der Waals surface area contributed by atoms with Crippen molar-refractivity contribution in [3.8, 4) is 0 Å². The van der Waals surface area contributed by atoms with E-state index >= 15 is 0 Å². The fourth-order valence-corrected chi connectivity index (χ4v) is 3.23. The molecule has 0 aliphatic heterocycles. The van der Waals surface area contributed by atoms with Crippen LogP contribution in [0, 0.1) is 0 Å². The largest absolute Gasteiger partial charge is 0.412 e.